The first-order valence-corrected chi connectivity index (χ1v) is 4.57. The minimum Gasteiger partial charge on any atom is -0.481 e. The quantitative estimate of drug-likeness (QED) is 0.506. The van der Waals surface area contributed by atoms with Crippen molar-refractivity contribution in [1.29, 1.82) is 0 Å². The highest BCUT2D eigenvalue weighted by Gasteiger charge is 2.30. The summed E-state index contributed by atoms with van der Waals surface area (Å²) in [4.78, 5) is 32.7. The molecule has 0 aromatic rings. The van der Waals surface area contributed by atoms with Gasteiger partial charge in [0.05, 0.1) is 19.6 Å². The summed E-state index contributed by atoms with van der Waals surface area (Å²) in [7, 11) is 0. The number of aliphatic carboxylic acids is 1. The first kappa shape index (κ1) is 13.4. The van der Waals surface area contributed by atoms with Gasteiger partial charge in [0.15, 0.2) is 5.92 Å². The molecule has 0 saturated carbocycles. The van der Waals surface area contributed by atoms with Crippen LogP contribution < -0.4 is 0 Å². The van der Waals surface area contributed by atoms with Crippen LogP contribution in [0.4, 0.5) is 0 Å². The van der Waals surface area contributed by atoms with Crippen LogP contribution in [0.25, 0.3) is 0 Å². The van der Waals surface area contributed by atoms with E-state index in [9.17, 15) is 14.4 Å². The van der Waals surface area contributed by atoms with Crippen molar-refractivity contribution in [3.05, 3.63) is 0 Å². The highest BCUT2D eigenvalue weighted by molar-refractivity contribution is 5.97. The fourth-order valence-corrected chi connectivity index (χ4v) is 0.901. The van der Waals surface area contributed by atoms with E-state index in [1.54, 1.807) is 13.8 Å². The van der Waals surface area contributed by atoms with Crippen molar-refractivity contribution in [3.8, 4) is 0 Å². The summed E-state index contributed by atoms with van der Waals surface area (Å²) in [5.74, 6) is -4.51. The molecule has 0 rings (SSSR count). The first-order chi connectivity index (χ1) is 7.02. The molecule has 15 heavy (non-hydrogen) atoms. The molecule has 6 nitrogen and oxygen atoms in total. The van der Waals surface area contributed by atoms with E-state index < -0.39 is 30.2 Å². The molecular formula is C9H14O6. The lowest BCUT2D eigenvalue weighted by molar-refractivity contribution is -0.163. The van der Waals surface area contributed by atoms with Gasteiger partial charge in [0.1, 0.15) is 0 Å². The summed E-state index contributed by atoms with van der Waals surface area (Å²) in [6, 6.07) is 0. The molecule has 86 valence electrons. The van der Waals surface area contributed by atoms with Crippen molar-refractivity contribution in [2.45, 2.75) is 20.3 Å². The van der Waals surface area contributed by atoms with Crippen molar-refractivity contribution in [3.63, 3.8) is 0 Å². The Labute approximate surface area is 87.2 Å². The molecule has 1 unspecified atom stereocenters. The highest BCUT2D eigenvalue weighted by atomic mass is 16.5. The standard InChI is InChI=1S/C9H14O6/c1-3-14-7(10)5-6(8(11)12)9(13)15-4-2/h6H,3-5H2,1-2H3,(H,11,12). The molecule has 0 bridgehead atoms. The van der Waals surface area contributed by atoms with E-state index in [0.29, 0.717) is 0 Å². The Morgan fingerprint density at radius 3 is 2.07 bits per heavy atom. The Balaban J connectivity index is 4.34. The fraction of sp³-hybridized carbons (Fsp3) is 0.667. The fourth-order valence-electron chi connectivity index (χ4n) is 0.901. The molecular weight excluding hydrogens is 204 g/mol. The predicted molar refractivity (Wildman–Crippen MR) is 49.0 cm³/mol. The summed E-state index contributed by atoms with van der Waals surface area (Å²) in [5, 5.41) is 8.68. The first-order valence-electron chi connectivity index (χ1n) is 4.57. The molecule has 0 radical (unpaired) electrons. The van der Waals surface area contributed by atoms with Gasteiger partial charge in [-0.15, -0.1) is 0 Å². The summed E-state index contributed by atoms with van der Waals surface area (Å²) >= 11 is 0. The van der Waals surface area contributed by atoms with Crippen molar-refractivity contribution >= 4 is 17.9 Å². The number of ether oxygens (including phenoxy) is 2. The lowest BCUT2D eigenvalue weighted by Gasteiger charge is -2.10. The molecule has 0 saturated heterocycles. The smallest absolute Gasteiger partial charge is 0.320 e. The number of esters is 2. The van der Waals surface area contributed by atoms with Gasteiger partial charge in [-0.25, -0.2) is 0 Å². The predicted octanol–water partition coefficient (Wildman–Crippen LogP) is 0.204. The lowest BCUT2D eigenvalue weighted by Crippen LogP contribution is -2.29. The lowest BCUT2D eigenvalue weighted by atomic mass is 10.1. The topological polar surface area (TPSA) is 89.9 Å². The highest BCUT2D eigenvalue weighted by Crippen LogP contribution is 2.07. The molecule has 0 aliphatic rings. The summed E-state index contributed by atoms with van der Waals surface area (Å²) in [6.45, 7) is 3.37. The van der Waals surface area contributed by atoms with Crippen molar-refractivity contribution in [2.24, 2.45) is 5.92 Å². The Hall–Kier alpha value is -1.59. The van der Waals surface area contributed by atoms with E-state index in [1.165, 1.54) is 0 Å². The summed E-state index contributed by atoms with van der Waals surface area (Å²) in [5.41, 5.74) is 0. The van der Waals surface area contributed by atoms with E-state index in [1.807, 2.05) is 0 Å². The average molecular weight is 218 g/mol. The molecule has 0 aliphatic heterocycles. The van der Waals surface area contributed by atoms with Crippen LogP contribution in [0.1, 0.15) is 20.3 Å². The zero-order chi connectivity index (χ0) is 11.8. The molecule has 6 heteroatoms. The van der Waals surface area contributed by atoms with E-state index in [0.717, 1.165) is 0 Å². The summed E-state index contributed by atoms with van der Waals surface area (Å²) in [6.07, 6.45) is -0.498. The van der Waals surface area contributed by atoms with Crippen LogP contribution in [0.5, 0.6) is 0 Å². The van der Waals surface area contributed by atoms with Gasteiger partial charge >= 0.3 is 17.9 Å². The Morgan fingerprint density at radius 2 is 1.67 bits per heavy atom. The molecule has 0 aliphatic carbocycles. The van der Waals surface area contributed by atoms with E-state index >= 15 is 0 Å². The Morgan fingerprint density at radius 1 is 1.13 bits per heavy atom. The molecule has 0 aromatic heterocycles. The number of carboxylic acid groups (broad SMARTS) is 1. The molecule has 0 spiro atoms. The zero-order valence-corrected chi connectivity index (χ0v) is 8.69. The number of carbonyl (C=O) groups excluding carboxylic acids is 2. The second kappa shape index (κ2) is 6.80. The van der Waals surface area contributed by atoms with Crippen LogP contribution in [0.3, 0.4) is 0 Å². The Kier molecular flexibility index (Phi) is 6.08. The number of carbonyl (C=O) groups is 3. The molecule has 1 N–H and O–H groups in total. The third-order valence-electron chi connectivity index (χ3n) is 1.55. The van der Waals surface area contributed by atoms with E-state index in [4.69, 9.17) is 5.11 Å². The van der Waals surface area contributed by atoms with Crippen molar-refractivity contribution in [1.82, 2.24) is 0 Å². The van der Waals surface area contributed by atoms with Crippen molar-refractivity contribution in [2.75, 3.05) is 13.2 Å². The Bertz CT molecular complexity index is 247. The van der Waals surface area contributed by atoms with Crippen LogP contribution in [0, 0.1) is 5.92 Å². The third-order valence-corrected chi connectivity index (χ3v) is 1.55. The van der Waals surface area contributed by atoms with E-state index in [2.05, 4.69) is 9.47 Å². The largest absolute Gasteiger partial charge is 0.481 e. The average Bonchev–Trinajstić information content (AvgIpc) is 2.14. The van der Waals surface area contributed by atoms with E-state index in [-0.39, 0.29) is 13.2 Å². The molecule has 1 atom stereocenters. The third kappa shape index (κ3) is 4.99. The normalized spacial score (nSPS) is 11.6. The van der Waals surface area contributed by atoms with Gasteiger partial charge in [-0.2, -0.15) is 0 Å². The number of carboxylic acids is 1. The van der Waals surface area contributed by atoms with Crippen molar-refractivity contribution < 1.29 is 29.0 Å². The molecule has 0 amide bonds. The van der Waals surface area contributed by atoms with Crippen LogP contribution in [0.15, 0.2) is 0 Å². The maximum atomic E-state index is 11.1. The van der Waals surface area contributed by atoms with Gasteiger partial charge in [0.25, 0.3) is 0 Å². The van der Waals surface area contributed by atoms with Gasteiger partial charge in [0, 0.05) is 0 Å². The zero-order valence-electron chi connectivity index (χ0n) is 8.69. The SMILES string of the molecule is CCOC(=O)CC(C(=O)O)C(=O)OCC. The van der Waals surface area contributed by atoms with Crippen LogP contribution in [0.2, 0.25) is 0 Å². The monoisotopic (exact) mass is 218 g/mol. The van der Waals surface area contributed by atoms with Gasteiger partial charge in [-0.05, 0) is 13.8 Å². The molecule has 0 aromatic carbocycles. The minimum atomic E-state index is -1.48. The van der Waals surface area contributed by atoms with Crippen LogP contribution in [-0.4, -0.2) is 36.2 Å². The maximum absolute atomic E-state index is 11.1. The molecule has 0 fully saturated rings. The van der Waals surface area contributed by atoms with Crippen LogP contribution in [-0.2, 0) is 23.9 Å². The second-order valence-corrected chi connectivity index (χ2v) is 2.65. The second-order valence-electron chi connectivity index (χ2n) is 2.65. The van der Waals surface area contributed by atoms with Gasteiger partial charge in [0.2, 0.25) is 0 Å². The summed E-state index contributed by atoms with van der Waals surface area (Å²) < 4.78 is 9.06. The maximum Gasteiger partial charge on any atom is 0.320 e. The minimum absolute atomic E-state index is 0.0748. The number of hydrogen-bond donors (Lipinski definition) is 1. The van der Waals surface area contributed by atoms with Gasteiger partial charge < -0.3 is 14.6 Å². The number of hydrogen-bond acceptors (Lipinski definition) is 5. The van der Waals surface area contributed by atoms with Gasteiger partial charge in [-0.3, -0.25) is 14.4 Å². The molecule has 0 heterocycles. The van der Waals surface area contributed by atoms with Crippen LogP contribution >= 0.6 is 0 Å². The number of rotatable bonds is 6. The van der Waals surface area contributed by atoms with Gasteiger partial charge in [-0.1, -0.05) is 0 Å².